The number of aliphatic carboxylic acids is 1. The molecule has 96 valence electrons. The number of carboxylic acid groups (broad SMARTS) is 1. The summed E-state index contributed by atoms with van der Waals surface area (Å²) in [5.74, 6) is -1.23. The molecule has 0 unspecified atom stereocenters. The van der Waals surface area contributed by atoms with Crippen LogP contribution in [0.2, 0.25) is 0 Å². The minimum absolute atomic E-state index is 0.0314. The second kappa shape index (κ2) is 5.75. The van der Waals surface area contributed by atoms with E-state index in [1.54, 1.807) is 0 Å². The predicted molar refractivity (Wildman–Crippen MR) is 56.9 cm³/mol. The summed E-state index contributed by atoms with van der Waals surface area (Å²) >= 11 is 0. The number of carbonyl (C=O) groups is 1. The third-order valence-electron chi connectivity index (χ3n) is 1.97. The molecular weight excluding hydrogens is 250 g/mol. The molecule has 1 aromatic heterocycles. The van der Waals surface area contributed by atoms with Crippen LogP contribution in [0.5, 0.6) is 0 Å². The molecule has 0 bridgehead atoms. The summed E-state index contributed by atoms with van der Waals surface area (Å²) in [6.07, 6.45) is 2.31. The van der Waals surface area contributed by atoms with E-state index in [9.17, 15) is 13.2 Å². The first-order chi connectivity index (χ1) is 7.98. The zero-order chi connectivity index (χ0) is 12.9. The number of carboxylic acids is 1. The molecule has 0 fully saturated rings. The van der Waals surface area contributed by atoms with E-state index in [1.807, 2.05) is 0 Å². The van der Waals surface area contributed by atoms with Gasteiger partial charge in [-0.25, -0.2) is 8.42 Å². The first-order valence-electron chi connectivity index (χ1n) is 4.68. The van der Waals surface area contributed by atoms with E-state index >= 15 is 0 Å². The van der Waals surface area contributed by atoms with E-state index in [-0.39, 0.29) is 18.0 Å². The highest BCUT2D eigenvalue weighted by molar-refractivity contribution is 7.89. The molecule has 0 saturated heterocycles. The molecule has 0 aliphatic heterocycles. The Bertz CT molecular complexity index is 456. The van der Waals surface area contributed by atoms with Gasteiger partial charge in [-0.05, 0) is 0 Å². The predicted octanol–water partition coefficient (Wildman–Crippen LogP) is -0.869. The summed E-state index contributed by atoms with van der Waals surface area (Å²) in [7, 11) is -2.44. The van der Waals surface area contributed by atoms with Crippen LogP contribution in [0.3, 0.4) is 0 Å². The van der Waals surface area contributed by atoms with E-state index in [2.05, 4.69) is 10.2 Å². The van der Waals surface area contributed by atoms with Gasteiger partial charge < -0.3 is 9.84 Å². The Labute approximate surface area is 98.2 Å². The van der Waals surface area contributed by atoms with Crippen molar-refractivity contribution in [2.24, 2.45) is 0 Å². The van der Waals surface area contributed by atoms with Crippen LogP contribution in [0.4, 0.5) is 0 Å². The molecule has 1 aromatic rings. The summed E-state index contributed by atoms with van der Waals surface area (Å²) in [6.45, 7) is -0.530. The molecule has 1 heterocycles. The van der Waals surface area contributed by atoms with Crippen LogP contribution >= 0.6 is 0 Å². The molecule has 0 aromatic carbocycles. The highest BCUT2D eigenvalue weighted by Crippen LogP contribution is 2.12. The Kier molecular flexibility index (Phi) is 4.61. The van der Waals surface area contributed by atoms with Crippen LogP contribution in [-0.2, 0) is 19.6 Å². The topological polar surface area (TPSA) is 113 Å². The molecule has 0 amide bonds. The standard InChI is InChI=1S/C8H13N3O5S/c1-16-3-2-11(6-8(12)13)17(14,15)7-4-9-10-5-7/h4-5H,2-3,6H2,1H3,(H,9,10)(H,12,13). The van der Waals surface area contributed by atoms with E-state index in [0.717, 1.165) is 10.5 Å². The van der Waals surface area contributed by atoms with Gasteiger partial charge in [0.1, 0.15) is 11.4 Å². The Morgan fingerprint density at radius 3 is 2.82 bits per heavy atom. The van der Waals surface area contributed by atoms with Crippen LogP contribution in [0.1, 0.15) is 0 Å². The van der Waals surface area contributed by atoms with E-state index < -0.39 is 22.5 Å². The van der Waals surface area contributed by atoms with Gasteiger partial charge in [0.2, 0.25) is 10.0 Å². The number of methoxy groups -OCH3 is 1. The number of nitrogens with one attached hydrogen (secondary N) is 1. The zero-order valence-corrected chi connectivity index (χ0v) is 9.98. The number of H-pyrrole nitrogens is 1. The first-order valence-corrected chi connectivity index (χ1v) is 6.12. The van der Waals surface area contributed by atoms with Crippen LogP contribution in [0, 0.1) is 0 Å². The van der Waals surface area contributed by atoms with Crippen molar-refractivity contribution < 1.29 is 23.1 Å². The van der Waals surface area contributed by atoms with Crippen LogP contribution in [0.15, 0.2) is 17.3 Å². The summed E-state index contributed by atoms with van der Waals surface area (Å²) in [5, 5.41) is 14.6. The lowest BCUT2D eigenvalue weighted by Gasteiger charge is -2.18. The lowest BCUT2D eigenvalue weighted by Crippen LogP contribution is -2.37. The van der Waals surface area contributed by atoms with Gasteiger partial charge in [-0.3, -0.25) is 9.89 Å². The van der Waals surface area contributed by atoms with Crippen molar-refractivity contribution in [1.29, 1.82) is 0 Å². The van der Waals surface area contributed by atoms with Crippen molar-refractivity contribution in [3.05, 3.63) is 12.4 Å². The van der Waals surface area contributed by atoms with Crippen LogP contribution in [0.25, 0.3) is 0 Å². The molecule has 17 heavy (non-hydrogen) atoms. The molecule has 9 heteroatoms. The first kappa shape index (κ1) is 13.6. The SMILES string of the molecule is COCCN(CC(=O)O)S(=O)(=O)c1cn[nH]c1. The van der Waals surface area contributed by atoms with Crippen LogP contribution in [-0.4, -0.2) is 60.8 Å². The number of hydrogen-bond donors (Lipinski definition) is 2. The zero-order valence-electron chi connectivity index (χ0n) is 9.16. The molecule has 1 rings (SSSR count). The summed E-state index contributed by atoms with van der Waals surface area (Å²) in [6, 6.07) is 0. The van der Waals surface area contributed by atoms with Gasteiger partial charge in [-0.2, -0.15) is 9.40 Å². The summed E-state index contributed by atoms with van der Waals surface area (Å²) in [5.41, 5.74) is 0. The summed E-state index contributed by atoms with van der Waals surface area (Å²) in [4.78, 5) is 10.5. The maximum absolute atomic E-state index is 12.0. The largest absolute Gasteiger partial charge is 0.480 e. The Morgan fingerprint density at radius 1 is 1.65 bits per heavy atom. The van der Waals surface area contributed by atoms with E-state index in [0.29, 0.717) is 0 Å². The molecule has 0 radical (unpaired) electrons. The Morgan fingerprint density at radius 2 is 2.35 bits per heavy atom. The van der Waals surface area contributed by atoms with E-state index in [4.69, 9.17) is 9.84 Å². The molecule has 8 nitrogen and oxygen atoms in total. The Hall–Kier alpha value is -1.45. The number of sulfonamides is 1. The highest BCUT2D eigenvalue weighted by Gasteiger charge is 2.26. The van der Waals surface area contributed by atoms with Gasteiger partial charge in [0, 0.05) is 19.9 Å². The normalized spacial score (nSPS) is 11.9. The third kappa shape index (κ3) is 3.51. The van der Waals surface area contributed by atoms with Gasteiger partial charge in [-0.15, -0.1) is 0 Å². The number of ether oxygens (including phenoxy) is 1. The highest BCUT2D eigenvalue weighted by atomic mass is 32.2. The van der Waals surface area contributed by atoms with Gasteiger partial charge in [0.15, 0.2) is 0 Å². The van der Waals surface area contributed by atoms with Crippen molar-refractivity contribution in [3.63, 3.8) is 0 Å². The number of rotatable bonds is 7. The van der Waals surface area contributed by atoms with Gasteiger partial charge in [0.05, 0.1) is 12.8 Å². The Balaban J connectivity index is 2.92. The molecule has 0 spiro atoms. The minimum Gasteiger partial charge on any atom is -0.480 e. The van der Waals surface area contributed by atoms with Crippen molar-refractivity contribution in [3.8, 4) is 0 Å². The molecule has 0 aliphatic rings. The lowest BCUT2D eigenvalue weighted by atomic mass is 10.6. The molecular formula is C8H13N3O5S. The number of aromatic amines is 1. The summed E-state index contributed by atoms with van der Waals surface area (Å²) < 4.78 is 29.5. The average Bonchev–Trinajstić information content (AvgIpc) is 2.77. The maximum Gasteiger partial charge on any atom is 0.318 e. The fraction of sp³-hybridized carbons (Fsp3) is 0.500. The average molecular weight is 263 g/mol. The molecule has 2 N–H and O–H groups in total. The molecule has 0 saturated carbocycles. The quantitative estimate of drug-likeness (QED) is 0.661. The van der Waals surface area contributed by atoms with Crippen molar-refractivity contribution in [2.45, 2.75) is 4.90 Å². The monoisotopic (exact) mass is 263 g/mol. The van der Waals surface area contributed by atoms with Crippen molar-refractivity contribution in [2.75, 3.05) is 26.8 Å². The van der Waals surface area contributed by atoms with E-state index in [1.165, 1.54) is 13.3 Å². The number of aromatic nitrogens is 2. The fourth-order valence-electron chi connectivity index (χ4n) is 1.16. The number of hydrogen-bond acceptors (Lipinski definition) is 5. The lowest BCUT2D eigenvalue weighted by molar-refractivity contribution is -0.137. The maximum atomic E-state index is 12.0. The fourth-order valence-corrected chi connectivity index (χ4v) is 2.44. The third-order valence-corrected chi connectivity index (χ3v) is 3.78. The second-order valence-corrected chi connectivity index (χ2v) is 5.10. The van der Waals surface area contributed by atoms with Gasteiger partial charge in [0.25, 0.3) is 0 Å². The minimum atomic E-state index is -3.85. The number of nitrogens with zero attached hydrogens (tertiary/aromatic N) is 2. The second-order valence-electron chi connectivity index (χ2n) is 3.16. The smallest absolute Gasteiger partial charge is 0.318 e. The molecule has 0 aliphatic carbocycles. The van der Waals surface area contributed by atoms with Crippen LogP contribution < -0.4 is 0 Å². The van der Waals surface area contributed by atoms with Crippen molar-refractivity contribution >= 4 is 16.0 Å². The van der Waals surface area contributed by atoms with Gasteiger partial charge in [-0.1, -0.05) is 0 Å². The van der Waals surface area contributed by atoms with Crippen molar-refractivity contribution in [1.82, 2.24) is 14.5 Å². The van der Waals surface area contributed by atoms with Gasteiger partial charge >= 0.3 is 5.97 Å². The molecule has 0 atom stereocenters.